The molecule has 0 saturated carbocycles. The maximum absolute atomic E-state index is 8.98. The summed E-state index contributed by atoms with van der Waals surface area (Å²) >= 11 is 3.44. The van der Waals surface area contributed by atoms with Crippen molar-refractivity contribution in [1.29, 1.82) is 0 Å². The van der Waals surface area contributed by atoms with Gasteiger partial charge in [0.15, 0.2) is 0 Å². The molecule has 2 heteroatoms. The van der Waals surface area contributed by atoms with Crippen LogP contribution in [0.4, 0.5) is 0 Å². The lowest BCUT2D eigenvalue weighted by molar-refractivity contribution is 0.281. The van der Waals surface area contributed by atoms with Crippen molar-refractivity contribution in [2.75, 3.05) is 0 Å². The first kappa shape index (κ1) is 10.7. The van der Waals surface area contributed by atoms with Gasteiger partial charge < -0.3 is 5.11 Å². The molecule has 72 valence electrons. The van der Waals surface area contributed by atoms with Crippen LogP contribution in [0.1, 0.15) is 31.9 Å². The van der Waals surface area contributed by atoms with Gasteiger partial charge in [0.1, 0.15) is 0 Å². The van der Waals surface area contributed by atoms with Crippen molar-refractivity contribution < 1.29 is 5.11 Å². The molecule has 0 fully saturated rings. The number of rotatable bonds is 1. The topological polar surface area (TPSA) is 20.2 Å². The monoisotopic (exact) mass is 242 g/mol. The third kappa shape index (κ3) is 2.55. The van der Waals surface area contributed by atoms with E-state index < -0.39 is 0 Å². The summed E-state index contributed by atoms with van der Waals surface area (Å²) in [5.74, 6) is 0. The molecule has 1 aromatic carbocycles. The highest BCUT2D eigenvalue weighted by atomic mass is 79.9. The van der Waals surface area contributed by atoms with Gasteiger partial charge in [0, 0.05) is 4.47 Å². The van der Waals surface area contributed by atoms with E-state index in [-0.39, 0.29) is 12.0 Å². The summed E-state index contributed by atoms with van der Waals surface area (Å²) in [6.07, 6.45) is 0. The van der Waals surface area contributed by atoms with Gasteiger partial charge in [-0.1, -0.05) is 48.8 Å². The van der Waals surface area contributed by atoms with Crippen LogP contribution in [0, 0.1) is 0 Å². The molecule has 0 heterocycles. The highest BCUT2D eigenvalue weighted by Gasteiger charge is 2.14. The number of halogens is 1. The molecule has 0 aliphatic heterocycles. The molecule has 13 heavy (non-hydrogen) atoms. The summed E-state index contributed by atoms with van der Waals surface area (Å²) in [7, 11) is 0. The predicted octanol–water partition coefficient (Wildman–Crippen LogP) is 3.24. The summed E-state index contributed by atoms with van der Waals surface area (Å²) in [5, 5.41) is 8.98. The first-order valence-electron chi connectivity index (χ1n) is 4.35. The van der Waals surface area contributed by atoms with Gasteiger partial charge in [0.05, 0.1) is 6.61 Å². The van der Waals surface area contributed by atoms with Gasteiger partial charge in [-0.05, 0) is 22.6 Å². The second-order valence-corrected chi connectivity index (χ2v) is 5.07. The summed E-state index contributed by atoms with van der Waals surface area (Å²) in [6.45, 7) is 6.61. The second kappa shape index (κ2) is 3.81. The van der Waals surface area contributed by atoms with Crippen LogP contribution in [-0.2, 0) is 12.0 Å². The number of aliphatic hydroxyl groups is 1. The van der Waals surface area contributed by atoms with Crippen molar-refractivity contribution in [3.05, 3.63) is 33.8 Å². The fourth-order valence-corrected chi connectivity index (χ4v) is 1.65. The van der Waals surface area contributed by atoms with Gasteiger partial charge in [-0.2, -0.15) is 0 Å². The van der Waals surface area contributed by atoms with Gasteiger partial charge in [0.2, 0.25) is 0 Å². The predicted molar refractivity (Wildman–Crippen MR) is 58.8 cm³/mol. The smallest absolute Gasteiger partial charge is 0.0692 e. The maximum Gasteiger partial charge on any atom is 0.0692 e. The van der Waals surface area contributed by atoms with Crippen LogP contribution >= 0.6 is 15.9 Å². The Morgan fingerprint density at radius 3 is 2.31 bits per heavy atom. The van der Waals surface area contributed by atoms with Crippen molar-refractivity contribution in [3.8, 4) is 0 Å². The van der Waals surface area contributed by atoms with E-state index in [1.54, 1.807) is 0 Å². The minimum Gasteiger partial charge on any atom is -0.392 e. The summed E-state index contributed by atoms with van der Waals surface area (Å²) in [4.78, 5) is 0. The van der Waals surface area contributed by atoms with Crippen molar-refractivity contribution >= 4 is 15.9 Å². The molecule has 0 aliphatic carbocycles. The van der Waals surface area contributed by atoms with Crippen molar-refractivity contribution in [3.63, 3.8) is 0 Å². The molecule has 0 aliphatic rings. The molecule has 0 unspecified atom stereocenters. The van der Waals surface area contributed by atoms with Crippen LogP contribution in [0.5, 0.6) is 0 Å². The van der Waals surface area contributed by atoms with Crippen LogP contribution in [0.3, 0.4) is 0 Å². The van der Waals surface area contributed by atoms with E-state index in [4.69, 9.17) is 5.11 Å². The largest absolute Gasteiger partial charge is 0.392 e. The molecule has 1 rings (SSSR count). The van der Waals surface area contributed by atoms with E-state index in [0.29, 0.717) is 0 Å². The average molecular weight is 243 g/mol. The van der Waals surface area contributed by atoms with Gasteiger partial charge in [-0.3, -0.25) is 0 Å². The molecule has 0 radical (unpaired) electrons. The van der Waals surface area contributed by atoms with Gasteiger partial charge in [-0.25, -0.2) is 0 Å². The molecule has 0 spiro atoms. The van der Waals surface area contributed by atoms with Crippen LogP contribution in [-0.4, -0.2) is 5.11 Å². The lowest BCUT2D eigenvalue weighted by atomic mass is 9.87. The maximum atomic E-state index is 8.98. The zero-order valence-electron chi connectivity index (χ0n) is 8.26. The standard InChI is InChI=1S/C11H15BrO/c1-11(2,3)9-5-4-8(7-13)10(12)6-9/h4-6,13H,7H2,1-3H3. The number of hydrogen-bond donors (Lipinski definition) is 1. The fraction of sp³-hybridized carbons (Fsp3) is 0.455. The van der Waals surface area contributed by atoms with E-state index in [1.807, 2.05) is 6.07 Å². The SMILES string of the molecule is CC(C)(C)c1ccc(CO)c(Br)c1. The molecule has 0 bridgehead atoms. The minimum absolute atomic E-state index is 0.0883. The molecule has 0 atom stereocenters. The highest BCUT2D eigenvalue weighted by molar-refractivity contribution is 9.10. The highest BCUT2D eigenvalue weighted by Crippen LogP contribution is 2.27. The molecule has 0 amide bonds. The van der Waals surface area contributed by atoms with Crippen molar-refractivity contribution in [2.24, 2.45) is 0 Å². The molecule has 0 aromatic heterocycles. The Bertz CT molecular complexity index is 299. The van der Waals surface area contributed by atoms with E-state index in [2.05, 4.69) is 48.8 Å². The summed E-state index contributed by atoms with van der Waals surface area (Å²) in [6, 6.07) is 6.10. The Kier molecular flexibility index (Phi) is 3.14. The number of hydrogen-bond acceptors (Lipinski definition) is 1. The van der Waals surface area contributed by atoms with E-state index in [1.165, 1.54) is 5.56 Å². The molecule has 0 saturated heterocycles. The fourth-order valence-electron chi connectivity index (χ4n) is 1.14. The average Bonchev–Trinajstić information content (AvgIpc) is 2.02. The normalized spacial score (nSPS) is 11.8. The second-order valence-electron chi connectivity index (χ2n) is 4.21. The minimum atomic E-state index is 0.0883. The van der Waals surface area contributed by atoms with Crippen LogP contribution < -0.4 is 0 Å². The first-order chi connectivity index (χ1) is 5.95. The third-order valence-corrected chi connectivity index (χ3v) is 2.83. The zero-order valence-corrected chi connectivity index (χ0v) is 9.85. The van der Waals surface area contributed by atoms with Crippen molar-refractivity contribution in [1.82, 2.24) is 0 Å². The Hall–Kier alpha value is -0.340. The van der Waals surface area contributed by atoms with Crippen LogP contribution in [0.15, 0.2) is 22.7 Å². The Morgan fingerprint density at radius 2 is 1.92 bits per heavy atom. The summed E-state index contributed by atoms with van der Waals surface area (Å²) in [5.41, 5.74) is 2.38. The number of benzene rings is 1. The van der Waals surface area contributed by atoms with Gasteiger partial charge in [-0.15, -0.1) is 0 Å². The van der Waals surface area contributed by atoms with E-state index >= 15 is 0 Å². The summed E-state index contributed by atoms with van der Waals surface area (Å²) < 4.78 is 0.988. The first-order valence-corrected chi connectivity index (χ1v) is 5.14. The quantitative estimate of drug-likeness (QED) is 0.802. The molecule has 1 nitrogen and oxygen atoms in total. The molecular weight excluding hydrogens is 228 g/mol. The molecule has 1 N–H and O–H groups in total. The Labute approximate surface area is 87.9 Å². The van der Waals surface area contributed by atoms with E-state index in [0.717, 1.165) is 10.0 Å². The van der Waals surface area contributed by atoms with Crippen LogP contribution in [0.25, 0.3) is 0 Å². The van der Waals surface area contributed by atoms with E-state index in [9.17, 15) is 0 Å². The molecule has 1 aromatic rings. The zero-order chi connectivity index (χ0) is 10.1. The Balaban J connectivity index is 3.10. The lowest BCUT2D eigenvalue weighted by Gasteiger charge is -2.19. The Morgan fingerprint density at radius 1 is 1.31 bits per heavy atom. The van der Waals surface area contributed by atoms with Gasteiger partial charge in [0.25, 0.3) is 0 Å². The number of aliphatic hydroxyl groups excluding tert-OH is 1. The third-order valence-electron chi connectivity index (χ3n) is 2.09. The van der Waals surface area contributed by atoms with Gasteiger partial charge >= 0.3 is 0 Å². The van der Waals surface area contributed by atoms with Crippen molar-refractivity contribution in [2.45, 2.75) is 32.8 Å². The molecular formula is C11H15BrO. The lowest BCUT2D eigenvalue weighted by Crippen LogP contribution is -2.11. The van der Waals surface area contributed by atoms with Crippen LogP contribution in [0.2, 0.25) is 0 Å².